The van der Waals surface area contributed by atoms with Crippen LogP contribution in [0.25, 0.3) is 6.08 Å². The summed E-state index contributed by atoms with van der Waals surface area (Å²) in [5, 5.41) is 4.04. The van der Waals surface area contributed by atoms with Gasteiger partial charge in [0.2, 0.25) is 0 Å². The molecule has 0 aliphatic rings. The predicted octanol–water partition coefficient (Wildman–Crippen LogP) is 2.92. The molecule has 5 nitrogen and oxygen atoms in total. The maximum Gasteiger partial charge on any atom is 0.321 e. The third kappa shape index (κ3) is 3.36. The first-order valence-electron chi connectivity index (χ1n) is 6.66. The minimum Gasteiger partial charge on any atom is -0.289 e. The van der Waals surface area contributed by atoms with Crippen LogP contribution in [-0.4, -0.2) is 20.1 Å². The molecule has 2 heterocycles. The summed E-state index contributed by atoms with van der Waals surface area (Å²) < 4.78 is 27.2. The summed E-state index contributed by atoms with van der Waals surface area (Å²) in [6.07, 6.45) is 6.43. The molecule has 22 heavy (non-hydrogen) atoms. The molecule has 0 atom stereocenters. The van der Waals surface area contributed by atoms with Crippen LogP contribution >= 0.6 is 0 Å². The molecular weight excluding hydrogens is 292 g/mol. The minimum atomic E-state index is -2.92. The molecule has 0 aromatic carbocycles. The summed E-state index contributed by atoms with van der Waals surface area (Å²) in [7, 11) is 0. The Labute approximate surface area is 125 Å². The maximum atomic E-state index is 12.6. The third-order valence-corrected chi connectivity index (χ3v) is 3.04. The highest BCUT2D eigenvalue weighted by molar-refractivity contribution is 6.06. The first-order valence-corrected chi connectivity index (χ1v) is 6.66. The Kier molecular flexibility index (Phi) is 4.65. The van der Waals surface area contributed by atoms with Gasteiger partial charge in [0.15, 0.2) is 5.78 Å². The van der Waals surface area contributed by atoms with E-state index in [9.17, 15) is 18.4 Å². The van der Waals surface area contributed by atoms with Gasteiger partial charge >= 0.3 is 6.55 Å². The SMILES string of the molecule is CC(C)n1cc(C(=O)C=Cc2cccn(C(F)F)c2=O)cn1. The Morgan fingerprint density at radius 3 is 2.68 bits per heavy atom. The lowest BCUT2D eigenvalue weighted by Gasteiger charge is -2.03. The molecule has 0 fully saturated rings. The van der Waals surface area contributed by atoms with E-state index in [0.717, 1.165) is 6.20 Å². The fourth-order valence-corrected chi connectivity index (χ4v) is 1.82. The number of halogens is 2. The van der Waals surface area contributed by atoms with Crippen LogP contribution in [0, 0.1) is 0 Å². The average Bonchev–Trinajstić information content (AvgIpc) is 2.95. The number of carbonyl (C=O) groups excluding carboxylic acids is 1. The number of hydrogen-bond acceptors (Lipinski definition) is 3. The molecule has 2 aromatic rings. The molecule has 116 valence electrons. The van der Waals surface area contributed by atoms with Gasteiger partial charge in [-0.15, -0.1) is 0 Å². The Bertz CT molecular complexity index is 760. The number of pyridine rings is 1. The van der Waals surface area contributed by atoms with Crippen molar-refractivity contribution in [2.75, 3.05) is 0 Å². The van der Waals surface area contributed by atoms with E-state index in [4.69, 9.17) is 0 Å². The second-order valence-corrected chi connectivity index (χ2v) is 4.95. The van der Waals surface area contributed by atoms with Crippen LogP contribution in [0.15, 0.2) is 41.6 Å². The van der Waals surface area contributed by atoms with Crippen molar-refractivity contribution in [3.05, 3.63) is 58.3 Å². The smallest absolute Gasteiger partial charge is 0.289 e. The van der Waals surface area contributed by atoms with Crippen LogP contribution in [0.2, 0.25) is 0 Å². The molecule has 0 saturated heterocycles. The second kappa shape index (κ2) is 6.46. The highest BCUT2D eigenvalue weighted by Crippen LogP contribution is 2.09. The van der Waals surface area contributed by atoms with E-state index < -0.39 is 12.1 Å². The molecule has 2 aromatic heterocycles. The van der Waals surface area contributed by atoms with Crippen molar-refractivity contribution in [3.63, 3.8) is 0 Å². The first kappa shape index (κ1) is 15.8. The van der Waals surface area contributed by atoms with Crippen molar-refractivity contribution >= 4 is 11.9 Å². The normalized spacial score (nSPS) is 11.7. The highest BCUT2D eigenvalue weighted by atomic mass is 19.3. The van der Waals surface area contributed by atoms with Crippen LogP contribution in [0.5, 0.6) is 0 Å². The molecule has 2 rings (SSSR count). The number of ketones is 1. The van der Waals surface area contributed by atoms with Crippen molar-refractivity contribution in [1.29, 1.82) is 0 Å². The number of hydrogen-bond donors (Lipinski definition) is 0. The van der Waals surface area contributed by atoms with Crippen LogP contribution in [0.1, 0.15) is 42.4 Å². The van der Waals surface area contributed by atoms with Crippen LogP contribution < -0.4 is 5.56 Å². The molecule has 0 spiro atoms. The van der Waals surface area contributed by atoms with E-state index >= 15 is 0 Å². The Hall–Kier alpha value is -2.57. The van der Waals surface area contributed by atoms with Gasteiger partial charge in [0, 0.05) is 24.0 Å². The zero-order valence-electron chi connectivity index (χ0n) is 12.1. The van der Waals surface area contributed by atoms with Crippen molar-refractivity contribution in [3.8, 4) is 0 Å². The first-order chi connectivity index (χ1) is 10.4. The number of alkyl halides is 2. The third-order valence-electron chi connectivity index (χ3n) is 3.04. The Balaban J connectivity index is 2.23. The molecule has 0 aliphatic heterocycles. The van der Waals surface area contributed by atoms with E-state index in [-0.39, 0.29) is 17.4 Å². The lowest BCUT2D eigenvalue weighted by Crippen LogP contribution is -2.21. The quantitative estimate of drug-likeness (QED) is 0.630. The van der Waals surface area contributed by atoms with Crippen LogP contribution in [0.4, 0.5) is 8.78 Å². The fraction of sp³-hybridized carbons (Fsp3) is 0.267. The predicted molar refractivity (Wildman–Crippen MR) is 77.9 cm³/mol. The summed E-state index contributed by atoms with van der Waals surface area (Å²) in [5.41, 5.74) is -0.457. The topological polar surface area (TPSA) is 56.9 Å². The molecule has 0 N–H and O–H groups in total. The van der Waals surface area contributed by atoms with Crippen molar-refractivity contribution in [1.82, 2.24) is 14.3 Å². The molecule has 0 saturated carbocycles. The number of nitrogens with zero attached hydrogens (tertiary/aromatic N) is 3. The standard InChI is InChI=1S/C15H15F2N3O2/c1-10(2)20-9-12(8-18-20)13(21)6-5-11-4-3-7-19(14(11)22)15(16)17/h3-10,15H,1-2H3. The largest absolute Gasteiger partial charge is 0.321 e. The molecule has 0 amide bonds. The van der Waals surface area contributed by atoms with Gasteiger partial charge < -0.3 is 0 Å². The van der Waals surface area contributed by atoms with Crippen molar-refractivity contribution < 1.29 is 13.6 Å². The number of carbonyl (C=O) groups is 1. The van der Waals surface area contributed by atoms with E-state index in [1.165, 1.54) is 30.5 Å². The zero-order valence-corrected chi connectivity index (χ0v) is 12.1. The van der Waals surface area contributed by atoms with E-state index in [1.54, 1.807) is 10.9 Å². The highest BCUT2D eigenvalue weighted by Gasteiger charge is 2.10. The van der Waals surface area contributed by atoms with Gasteiger partial charge in [-0.2, -0.15) is 13.9 Å². The summed E-state index contributed by atoms with van der Waals surface area (Å²) in [6, 6.07) is 2.83. The van der Waals surface area contributed by atoms with Gasteiger partial charge in [0.05, 0.1) is 11.8 Å². The fourth-order valence-electron chi connectivity index (χ4n) is 1.82. The summed E-state index contributed by atoms with van der Waals surface area (Å²) in [6.45, 7) is 0.933. The van der Waals surface area contributed by atoms with Crippen molar-refractivity contribution in [2.45, 2.75) is 26.4 Å². The lowest BCUT2D eigenvalue weighted by atomic mass is 10.2. The van der Waals surface area contributed by atoms with Gasteiger partial charge in [-0.1, -0.05) is 0 Å². The minimum absolute atomic E-state index is 0.0207. The number of rotatable bonds is 5. The van der Waals surface area contributed by atoms with Gasteiger partial charge in [-0.05, 0) is 38.1 Å². The zero-order chi connectivity index (χ0) is 16.3. The Morgan fingerprint density at radius 1 is 1.36 bits per heavy atom. The maximum absolute atomic E-state index is 12.6. The Morgan fingerprint density at radius 2 is 2.09 bits per heavy atom. The van der Waals surface area contributed by atoms with Gasteiger partial charge in [0.1, 0.15) is 0 Å². The number of allylic oxidation sites excluding steroid dienone is 1. The summed E-state index contributed by atoms with van der Waals surface area (Å²) >= 11 is 0. The average molecular weight is 307 g/mol. The van der Waals surface area contributed by atoms with E-state index in [2.05, 4.69) is 5.10 Å². The molecule has 0 bridgehead atoms. The monoisotopic (exact) mass is 307 g/mol. The molecular formula is C15H15F2N3O2. The number of aromatic nitrogens is 3. The second-order valence-electron chi connectivity index (χ2n) is 4.95. The molecule has 7 heteroatoms. The summed E-state index contributed by atoms with van der Waals surface area (Å²) in [4.78, 5) is 23.7. The van der Waals surface area contributed by atoms with Gasteiger partial charge in [0.25, 0.3) is 5.56 Å². The van der Waals surface area contributed by atoms with E-state index in [0.29, 0.717) is 10.1 Å². The molecule has 0 unspecified atom stereocenters. The van der Waals surface area contributed by atoms with Gasteiger partial charge in [-0.3, -0.25) is 18.8 Å². The van der Waals surface area contributed by atoms with Crippen LogP contribution in [-0.2, 0) is 0 Å². The molecule has 0 radical (unpaired) electrons. The van der Waals surface area contributed by atoms with Gasteiger partial charge in [-0.25, -0.2) is 0 Å². The summed E-state index contributed by atoms with van der Waals surface area (Å²) in [5.74, 6) is -0.348. The molecule has 0 aliphatic carbocycles. The lowest BCUT2D eigenvalue weighted by molar-refractivity contribution is 0.0663. The van der Waals surface area contributed by atoms with Crippen molar-refractivity contribution in [2.24, 2.45) is 0 Å². The van der Waals surface area contributed by atoms with Crippen LogP contribution in [0.3, 0.4) is 0 Å². The van der Waals surface area contributed by atoms with E-state index in [1.807, 2.05) is 13.8 Å².